The second kappa shape index (κ2) is 6.35. The van der Waals surface area contributed by atoms with Gasteiger partial charge in [-0.15, -0.1) is 11.8 Å². The number of hydrogen-bond acceptors (Lipinski definition) is 2. The molecule has 3 rings (SSSR count). The van der Waals surface area contributed by atoms with Crippen molar-refractivity contribution in [2.45, 2.75) is 24.7 Å². The van der Waals surface area contributed by atoms with Crippen LogP contribution in [0.1, 0.15) is 29.3 Å². The Labute approximate surface area is 130 Å². The highest BCUT2D eigenvalue weighted by Gasteiger charge is 2.22. The summed E-state index contributed by atoms with van der Waals surface area (Å²) in [5, 5.41) is 0. The van der Waals surface area contributed by atoms with Gasteiger partial charge in [0.25, 0.3) is 5.91 Å². The van der Waals surface area contributed by atoms with Gasteiger partial charge in [-0.25, -0.2) is 0 Å². The van der Waals surface area contributed by atoms with E-state index in [9.17, 15) is 4.79 Å². The summed E-state index contributed by atoms with van der Waals surface area (Å²) in [5.41, 5.74) is 3.08. The van der Waals surface area contributed by atoms with Gasteiger partial charge in [-0.3, -0.25) is 4.79 Å². The molecule has 2 aromatic rings. The van der Waals surface area contributed by atoms with Crippen LogP contribution in [-0.4, -0.2) is 18.2 Å². The molecule has 1 aliphatic heterocycles. The van der Waals surface area contributed by atoms with Gasteiger partial charge in [-0.1, -0.05) is 31.2 Å². The zero-order chi connectivity index (χ0) is 14.7. The molecule has 1 aliphatic rings. The predicted molar refractivity (Wildman–Crippen MR) is 89.3 cm³/mol. The first-order chi connectivity index (χ1) is 10.3. The second-order valence-electron chi connectivity index (χ2n) is 5.18. The van der Waals surface area contributed by atoms with Crippen molar-refractivity contribution >= 4 is 23.4 Å². The van der Waals surface area contributed by atoms with E-state index < -0.39 is 0 Å². The first kappa shape index (κ1) is 14.2. The van der Waals surface area contributed by atoms with Crippen LogP contribution < -0.4 is 4.90 Å². The van der Waals surface area contributed by atoms with Crippen molar-refractivity contribution in [3.63, 3.8) is 0 Å². The third-order valence-corrected chi connectivity index (χ3v) is 4.94. The maximum Gasteiger partial charge on any atom is 0.258 e. The molecule has 3 heteroatoms. The Kier molecular flexibility index (Phi) is 4.30. The molecule has 0 N–H and O–H groups in total. The monoisotopic (exact) mass is 297 g/mol. The number of fused-ring (bicyclic) bond motifs is 1. The molecule has 0 saturated heterocycles. The first-order valence-corrected chi connectivity index (χ1v) is 8.41. The van der Waals surface area contributed by atoms with Crippen molar-refractivity contribution in [1.29, 1.82) is 0 Å². The number of anilines is 1. The van der Waals surface area contributed by atoms with Gasteiger partial charge in [-0.2, -0.15) is 0 Å². The Bertz CT molecular complexity index is 636. The summed E-state index contributed by atoms with van der Waals surface area (Å²) in [6.45, 7) is 2.91. The maximum atomic E-state index is 12.8. The zero-order valence-electron chi connectivity index (χ0n) is 12.2. The number of thioether (sulfide) groups is 1. The van der Waals surface area contributed by atoms with Gasteiger partial charge in [0.1, 0.15) is 0 Å². The Morgan fingerprint density at radius 1 is 1.14 bits per heavy atom. The molecule has 1 amide bonds. The molecule has 21 heavy (non-hydrogen) atoms. The molecule has 0 spiro atoms. The number of para-hydroxylation sites is 1. The van der Waals surface area contributed by atoms with E-state index in [0.29, 0.717) is 0 Å². The third-order valence-electron chi connectivity index (χ3n) is 3.79. The molecule has 0 atom stereocenters. The van der Waals surface area contributed by atoms with E-state index in [1.54, 1.807) is 0 Å². The molecule has 0 aliphatic carbocycles. The third kappa shape index (κ3) is 2.98. The smallest absolute Gasteiger partial charge is 0.258 e. The molecule has 0 fully saturated rings. The van der Waals surface area contributed by atoms with Crippen molar-refractivity contribution in [2.75, 3.05) is 17.2 Å². The highest BCUT2D eigenvalue weighted by atomic mass is 32.2. The number of benzene rings is 2. The minimum Gasteiger partial charge on any atom is -0.307 e. The van der Waals surface area contributed by atoms with E-state index in [1.165, 1.54) is 10.5 Å². The average molecular weight is 297 g/mol. The Hall–Kier alpha value is -1.74. The number of nitrogens with zero attached hydrogens (tertiary/aromatic N) is 1. The SMILES string of the molecule is CCc1ccc(C(=O)N2CCCSc3ccccc32)cc1. The molecular formula is C18H19NOS. The van der Waals surface area contributed by atoms with Gasteiger partial charge in [0.05, 0.1) is 5.69 Å². The van der Waals surface area contributed by atoms with Crippen LogP contribution in [0.4, 0.5) is 5.69 Å². The summed E-state index contributed by atoms with van der Waals surface area (Å²) in [7, 11) is 0. The number of aryl methyl sites for hydroxylation is 1. The van der Waals surface area contributed by atoms with Crippen molar-refractivity contribution in [3.05, 3.63) is 59.7 Å². The lowest BCUT2D eigenvalue weighted by Crippen LogP contribution is -2.31. The van der Waals surface area contributed by atoms with Gasteiger partial charge < -0.3 is 4.90 Å². The van der Waals surface area contributed by atoms with Crippen molar-refractivity contribution in [3.8, 4) is 0 Å². The fourth-order valence-corrected chi connectivity index (χ4v) is 3.57. The van der Waals surface area contributed by atoms with E-state index in [0.717, 1.165) is 36.4 Å². The van der Waals surface area contributed by atoms with E-state index in [2.05, 4.69) is 13.0 Å². The highest BCUT2D eigenvalue weighted by Crippen LogP contribution is 2.34. The Balaban J connectivity index is 1.93. The summed E-state index contributed by atoms with van der Waals surface area (Å²) in [6.07, 6.45) is 2.02. The summed E-state index contributed by atoms with van der Waals surface area (Å²) >= 11 is 1.84. The molecule has 0 radical (unpaired) electrons. The van der Waals surface area contributed by atoms with E-state index >= 15 is 0 Å². The molecule has 2 aromatic carbocycles. The van der Waals surface area contributed by atoms with Gasteiger partial charge in [0.2, 0.25) is 0 Å². The van der Waals surface area contributed by atoms with Crippen LogP contribution in [0.15, 0.2) is 53.4 Å². The second-order valence-corrected chi connectivity index (χ2v) is 6.31. The number of carbonyl (C=O) groups is 1. The molecule has 0 aromatic heterocycles. The van der Waals surface area contributed by atoms with Crippen LogP contribution in [-0.2, 0) is 6.42 Å². The lowest BCUT2D eigenvalue weighted by molar-refractivity contribution is 0.0986. The minimum atomic E-state index is 0.104. The van der Waals surface area contributed by atoms with Crippen LogP contribution in [0, 0.1) is 0 Å². The van der Waals surface area contributed by atoms with Crippen LogP contribution in [0.2, 0.25) is 0 Å². The minimum absolute atomic E-state index is 0.104. The van der Waals surface area contributed by atoms with E-state index in [-0.39, 0.29) is 5.91 Å². The largest absolute Gasteiger partial charge is 0.307 e. The standard InChI is InChI=1S/C18H19NOS/c1-2-14-8-10-15(11-9-14)18(20)19-12-5-13-21-17-7-4-3-6-16(17)19/h3-4,6-11H,2,5,12-13H2,1H3. The molecule has 0 saturated carbocycles. The van der Waals surface area contributed by atoms with Crippen molar-refractivity contribution in [1.82, 2.24) is 0 Å². The van der Waals surface area contributed by atoms with Crippen LogP contribution in [0.25, 0.3) is 0 Å². The quantitative estimate of drug-likeness (QED) is 0.819. The fourth-order valence-electron chi connectivity index (χ4n) is 2.58. The Morgan fingerprint density at radius 3 is 2.67 bits per heavy atom. The Morgan fingerprint density at radius 2 is 1.90 bits per heavy atom. The average Bonchev–Trinajstić information content (AvgIpc) is 2.77. The normalized spacial score (nSPS) is 14.4. The van der Waals surface area contributed by atoms with Gasteiger partial charge in [0, 0.05) is 17.0 Å². The fraction of sp³-hybridized carbons (Fsp3) is 0.278. The lowest BCUT2D eigenvalue weighted by atomic mass is 10.1. The molecule has 0 unspecified atom stereocenters. The van der Waals surface area contributed by atoms with Crippen LogP contribution >= 0.6 is 11.8 Å². The molecule has 108 valence electrons. The number of hydrogen-bond donors (Lipinski definition) is 0. The van der Waals surface area contributed by atoms with E-state index in [4.69, 9.17) is 0 Å². The van der Waals surface area contributed by atoms with Crippen LogP contribution in [0.3, 0.4) is 0 Å². The predicted octanol–water partition coefficient (Wildman–Crippen LogP) is 4.39. The number of amides is 1. The molecule has 1 heterocycles. The first-order valence-electron chi connectivity index (χ1n) is 7.42. The lowest BCUT2D eigenvalue weighted by Gasteiger charge is -2.22. The topological polar surface area (TPSA) is 20.3 Å². The van der Waals surface area contributed by atoms with E-state index in [1.807, 2.05) is 59.1 Å². The summed E-state index contributed by atoms with van der Waals surface area (Å²) in [4.78, 5) is 16.0. The van der Waals surface area contributed by atoms with Gasteiger partial charge >= 0.3 is 0 Å². The molecule has 2 nitrogen and oxygen atoms in total. The number of rotatable bonds is 2. The van der Waals surface area contributed by atoms with Gasteiger partial charge in [-0.05, 0) is 48.4 Å². The summed E-state index contributed by atoms with van der Waals surface area (Å²) in [6, 6.07) is 16.2. The maximum absolute atomic E-state index is 12.8. The van der Waals surface area contributed by atoms with Crippen LogP contribution in [0.5, 0.6) is 0 Å². The van der Waals surface area contributed by atoms with Gasteiger partial charge in [0.15, 0.2) is 0 Å². The molecule has 0 bridgehead atoms. The molecular weight excluding hydrogens is 278 g/mol. The summed E-state index contributed by atoms with van der Waals surface area (Å²) in [5.74, 6) is 1.17. The van der Waals surface area contributed by atoms with Crippen molar-refractivity contribution in [2.24, 2.45) is 0 Å². The highest BCUT2D eigenvalue weighted by molar-refractivity contribution is 7.99. The van der Waals surface area contributed by atoms with Crippen molar-refractivity contribution < 1.29 is 4.79 Å². The zero-order valence-corrected chi connectivity index (χ0v) is 13.0. The number of carbonyl (C=O) groups excluding carboxylic acids is 1. The summed E-state index contributed by atoms with van der Waals surface area (Å²) < 4.78 is 0.